The number of nitrogens with one attached hydrogen (secondary N) is 1. The SMILES string of the molecule is CCN=C(SC)C(=N)c1cc(C)cc(O)c1.Cc1nc(-c2ccccc2)no1. The summed E-state index contributed by atoms with van der Waals surface area (Å²) in [4.78, 5) is 8.35. The largest absolute Gasteiger partial charge is 0.508 e. The van der Waals surface area contributed by atoms with Gasteiger partial charge in [0, 0.05) is 24.6 Å². The van der Waals surface area contributed by atoms with Crippen molar-refractivity contribution in [1.82, 2.24) is 10.1 Å². The monoisotopic (exact) mass is 396 g/mol. The molecule has 0 saturated heterocycles. The fourth-order valence-corrected chi connectivity index (χ4v) is 3.00. The van der Waals surface area contributed by atoms with Crippen molar-refractivity contribution >= 4 is 22.5 Å². The number of thioether (sulfide) groups is 1. The maximum atomic E-state index is 9.48. The number of phenolic OH excluding ortho intramolecular Hbond substituents is 1. The van der Waals surface area contributed by atoms with Gasteiger partial charge in [-0.05, 0) is 43.9 Å². The summed E-state index contributed by atoms with van der Waals surface area (Å²) in [5, 5.41) is 22.0. The maximum Gasteiger partial charge on any atom is 0.223 e. The first-order valence-corrected chi connectivity index (χ1v) is 10.0. The van der Waals surface area contributed by atoms with E-state index < -0.39 is 0 Å². The lowest BCUT2D eigenvalue weighted by Crippen LogP contribution is -2.11. The highest BCUT2D eigenvalue weighted by molar-refractivity contribution is 8.15. The Kier molecular flexibility index (Phi) is 7.95. The lowest BCUT2D eigenvalue weighted by Gasteiger charge is -2.07. The van der Waals surface area contributed by atoms with Gasteiger partial charge in [-0.15, -0.1) is 11.8 Å². The van der Waals surface area contributed by atoms with Crippen molar-refractivity contribution in [2.45, 2.75) is 20.8 Å². The first-order chi connectivity index (χ1) is 13.4. The summed E-state index contributed by atoms with van der Waals surface area (Å²) < 4.78 is 4.86. The van der Waals surface area contributed by atoms with E-state index in [1.54, 1.807) is 19.1 Å². The number of aliphatic imine (C=N–C) groups is 1. The van der Waals surface area contributed by atoms with Crippen molar-refractivity contribution < 1.29 is 9.63 Å². The van der Waals surface area contributed by atoms with Gasteiger partial charge in [0.1, 0.15) is 10.8 Å². The average molecular weight is 397 g/mol. The summed E-state index contributed by atoms with van der Waals surface area (Å²) in [5.74, 6) is 1.43. The smallest absolute Gasteiger partial charge is 0.223 e. The molecule has 0 radical (unpaired) electrons. The highest BCUT2D eigenvalue weighted by Crippen LogP contribution is 2.18. The molecule has 0 aliphatic rings. The number of hydrogen-bond acceptors (Lipinski definition) is 7. The van der Waals surface area contributed by atoms with E-state index >= 15 is 0 Å². The Morgan fingerprint density at radius 2 is 1.89 bits per heavy atom. The molecular weight excluding hydrogens is 372 g/mol. The third-order valence-corrected chi connectivity index (χ3v) is 4.34. The topological polar surface area (TPSA) is 95.4 Å². The highest BCUT2D eigenvalue weighted by Gasteiger charge is 2.09. The minimum absolute atomic E-state index is 0.191. The van der Waals surface area contributed by atoms with Crippen molar-refractivity contribution in [3.63, 3.8) is 0 Å². The third-order valence-electron chi connectivity index (χ3n) is 3.62. The normalized spacial score (nSPS) is 10.9. The van der Waals surface area contributed by atoms with Crippen LogP contribution in [0.1, 0.15) is 23.9 Å². The zero-order valence-electron chi connectivity index (χ0n) is 16.4. The standard InChI is InChI=1S/C12H16N2OS.C9H8N2O/c1-4-14-12(16-3)11(13)9-5-8(2)6-10(15)7-9;1-7-10-9(11-12-7)8-5-3-2-4-6-8/h5-7,13,15H,4H2,1-3H3;2-6H,1H3. The summed E-state index contributed by atoms with van der Waals surface area (Å²) in [7, 11) is 0. The van der Waals surface area contributed by atoms with Gasteiger partial charge in [-0.2, -0.15) is 4.98 Å². The molecule has 0 spiro atoms. The van der Waals surface area contributed by atoms with E-state index in [2.05, 4.69) is 15.1 Å². The molecule has 28 heavy (non-hydrogen) atoms. The van der Waals surface area contributed by atoms with Crippen LogP contribution in [0.2, 0.25) is 0 Å². The van der Waals surface area contributed by atoms with Gasteiger partial charge in [0.25, 0.3) is 0 Å². The summed E-state index contributed by atoms with van der Waals surface area (Å²) in [6.07, 6.45) is 1.90. The second-order valence-corrected chi connectivity index (χ2v) is 6.71. The molecule has 7 heteroatoms. The Balaban J connectivity index is 0.000000207. The van der Waals surface area contributed by atoms with Crippen LogP contribution in [0.15, 0.2) is 58.0 Å². The maximum absolute atomic E-state index is 9.48. The van der Waals surface area contributed by atoms with Crippen molar-refractivity contribution in [3.8, 4) is 17.1 Å². The first kappa shape index (κ1) is 21.4. The van der Waals surface area contributed by atoms with Crippen LogP contribution in [0.3, 0.4) is 0 Å². The first-order valence-electron chi connectivity index (χ1n) is 8.78. The van der Waals surface area contributed by atoms with Gasteiger partial charge in [0.2, 0.25) is 11.7 Å². The van der Waals surface area contributed by atoms with Crippen LogP contribution in [-0.2, 0) is 0 Å². The Hall–Kier alpha value is -2.93. The third kappa shape index (κ3) is 6.06. The van der Waals surface area contributed by atoms with Gasteiger partial charge in [0.15, 0.2) is 0 Å². The number of aromatic hydroxyl groups is 1. The molecule has 0 atom stereocenters. The summed E-state index contributed by atoms with van der Waals surface area (Å²) in [6, 6.07) is 14.9. The van der Waals surface area contributed by atoms with Crippen LogP contribution < -0.4 is 0 Å². The Morgan fingerprint density at radius 1 is 1.18 bits per heavy atom. The lowest BCUT2D eigenvalue weighted by molar-refractivity contribution is 0.394. The zero-order chi connectivity index (χ0) is 20.5. The number of hydrogen-bond donors (Lipinski definition) is 2. The van der Waals surface area contributed by atoms with Gasteiger partial charge in [-0.1, -0.05) is 35.5 Å². The molecule has 0 aliphatic heterocycles. The molecule has 0 bridgehead atoms. The van der Waals surface area contributed by atoms with E-state index in [-0.39, 0.29) is 5.75 Å². The van der Waals surface area contributed by atoms with Crippen molar-refractivity contribution in [2.75, 3.05) is 12.8 Å². The minimum atomic E-state index is 0.191. The van der Waals surface area contributed by atoms with Gasteiger partial charge >= 0.3 is 0 Å². The van der Waals surface area contributed by atoms with E-state index in [0.717, 1.165) is 11.1 Å². The molecular formula is C21H24N4O2S. The quantitative estimate of drug-likeness (QED) is 0.483. The van der Waals surface area contributed by atoms with Crippen LogP contribution >= 0.6 is 11.8 Å². The molecule has 1 heterocycles. The fraction of sp³-hybridized carbons (Fsp3) is 0.238. The molecule has 3 rings (SSSR count). The lowest BCUT2D eigenvalue weighted by atomic mass is 10.1. The summed E-state index contributed by atoms with van der Waals surface area (Å²) >= 11 is 1.45. The van der Waals surface area contributed by atoms with E-state index in [4.69, 9.17) is 9.93 Å². The molecule has 0 aliphatic carbocycles. The molecule has 146 valence electrons. The highest BCUT2D eigenvalue weighted by atomic mass is 32.2. The second-order valence-electron chi connectivity index (χ2n) is 5.92. The molecule has 0 fully saturated rings. The number of benzene rings is 2. The molecule has 6 nitrogen and oxygen atoms in total. The molecule has 0 saturated carbocycles. The van der Waals surface area contributed by atoms with Gasteiger partial charge in [0.05, 0.1) is 5.71 Å². The van der Waals surface area contributed by atoms with E-state index in [9.17, 15) is 5.11 Å². The second kappa shape index (κ2) is 10.4. The van der Waals surface area contributed by atoms with Gasteiger partial charge in [-0.3, -0.25) is 10.4 Å². The molecule has 2 aromatic carbocycles. The average Bonchev–Trinajstić information content (AvgIpc) is 3.12. The zero-order valence-corrected chi connectivity index (χ0v) is 17.2. The van der Waals surface area contributed by atoms with Crippen molar-refractivity contribution in [1.29, 1.82) is 5.41 Å². The Morgan fingerprint density at radius 3 is 2.43 bits per heavy atom. The van der Waals surface area contributed by atoms with Crippen LogP contribution in [0, 0.1) is 19.3 Å². The Bertz CT molecular complexity index is 932. The van der Waals surface area contributed by atoms with Crippen LogP contribution in [0.4, 0.5) is 0 Å². The molecule has 2 N–H and O–H groups in total. The summed E-state index contributed by atoms with van der Waals surface area (Å²) in [6.45, 7) is 6.28. The van der Waals surface area contributed by atoms with E-state index in [1.807, 2.05) is 56.5 Å². The summed E-state index contributed by atoms with van der Waals surface area (Å²) in [5.41, 5.74) is 3.00. The Labute approximate surface area is 169 Å². The number of nitrogens with zero attached hydrogens (tertiary/aromatic N) is 3. The molecule has 0 unspecified atom stereocenters. The number of rotatable bonds is 4. The number of phenols is 1. The molecule has 0 amide bonds. The van der Waals surface area contributed by atoms with Crippen molar-refractivity contribution in [2.24, 2.45) is 4.99 Å². The molecule has 1 aromatic heterocycles. The van der Waals surface area contributed by atoms with Crippen LogP contribution in [0.5, 0.6) is 5.75 Å². The van der Waals surface area contributed by atoms with Crippen LogP contribution in [0.25, 0.3) is 11.4 Å². The number of aromatic nitrogens is 2. The minimum Gasteiger partial charge on any atom is -0.508 e. The molecule has 3 aromatic rings. The fourth-order valence-electron chi connectivity index (χ4n) is 2.42. The van der Waals surface area contributed by atoms with Crippen molar-refractivity contribution in [3.05, 3.63) is 65.5 Å². The van der Waals surface area contributed by atoms with E-state index in [1.165, 1.54) is 11.8 Å². The predicted octanol–water partition coefficient (Wildman–Crippen LogP) is 4.89. The van der Waals surface area contributed by atoms with Gasteiger partial charge < -0.3 is 9.63 Å². The van der Waals surface area contributed by atoms with Crippen LogP contribution in [-0.4, -0.2) is 38.8 Å². The van der Waals surface area contributed by atoms with E-state index in [0.29, 0.717) is 34.6 Å². The number of aryl methyl sites for hydroxylation is 2. The van der Waals surface area contributed by atoms with Gasteiger partial charge in [-0.25, -0.2) is 0 Å². The predicted molar refractivity (Wildman–Crippen MR) is 116 cm³/mol.